The Labute approximate surface area is 163 Å². The minimum Gasteiger partial charge on any atom is -0.468 e. The Bertz CT molecular complexity index is 555. The van der Waals surface area contributed by atoms with Gasteiger partial charge < -0.3 is 19.0 Å². The summed E-state index contributed by atoms with van der Waals surface area (Å²) in [5.41, 5.74) is 0. The van der Waals surface area contributed by atoms with Crippen molar-refractivity contribution in [3.63, 3.8) is 0 Å². The average molecular weight is 378 g/mol. The van der Waals surface area contributed by atoms with Crippen LogP contribution in [0.4, 0.5) is 0 Å². The summed E-state index contributed by atoms with van der Waals surface area (Å²) >= 11 is 0. The number of hydrogen-bond acceptors (Lipinski definition) is 5. The van der Waals surface area contributed by atoms with Crippen molar-refractivity contribution in [2.75, 3.05) is 53.5 Å². The first-order valence-corrected chi connectivity index (χ1v) is 10.4. The van der Waals surface area contributed by atoms with Gasteiger partial charge in [-0.1, -0.05) is 0 Å². The summed E-state index contributed by atoms with van der Waals surface area (Å²) in [7, 11) is 3.90. The van der Waals surface area contributed by atoms with Gasteiger partial charge in [-0.05, 0) is 70.9 Å². The molecule has 2 saturated heterocycles. The fraction of sp³-hybridized carbons (Fsp3) is 0.762. The molecule has 0 aliphatic carbocycles. The summed E-state index contributed by atoms with van der Waals surface area (Å²) < 4.78 is 10.7. The number of likely N-dealkylation sites (tertiary alicyclic amines) is 2. The molecule has 6 heteroatoms. The molecule has 2 aliphatic rings. The van der Waals surface area contributed by atoms with Crippen LogP contribution in [0.1, 0.15) is 37.9 Å². The zero-order valence-electron chi connectivity index (χ0n) is 16.9. The molecule has 0 unspecified atom stereocenters. The van der Waals surface area contributed by atoms with Crippen molar-refractivity contribution in [2.24, 2.45) is 5.92 Å². The second-order valence-electron chi connectivity index (χ2n) is 8.07. The Kier molecular flexibility index (Phi) is 7.73. The Hall–Kier alpha value is -1.37. The molecule has 1 aromatic heterocycles. The zero-order valence-corrected chi connectivity index (χ0v) is 16.9. The summed E-state index contributed by atoms with van der Waals surface area (Å²) in [6.07, 6.45) is 6.88. The molecule has 1 aromatic rings. The molecular weight excluding hydrogens is 342 g/mol. The molecular formula is C21H35N3O3. The van der Waals surface area contributed by atoms with Crippen LogP contribution in [0, 0.1) is 5.92 Å². The van der Waals surface area contributed by atoms with E-state index in [-0.39, 0.29) is 5.92 Å². The normalized spacial score (nSPS) is 22.8. The van der Waals surface area contributed by atoms with Gasteiger partial charge in [0.1, 0.15) is 5.76 Å². The Morgan fingerprint density at radius 1 is 1.30 bits per heavy atom. The Morgan fingerprint density at radius 2 is 2.11 bits per heavy atom. The summed E-state index contributed by atoms with van der Waals surface area (Å²) in [4.78, 5) is 20.4. The number of ether oxygens (including phenoxy) is 1. The molecule has 152 valence electrons. The van der Waals surface area contributed by atoms with Gasteiger partial charge in [-0.15, -0.1) is 0 Å². The topological polar surface area (TPSA) is 49.2 Å². The van der Waals surface area contributed by atoms with Crippen molar-refractivity contribution in [2.45, 2.75) is 44.7 Å². The van der Waals surface area contributed by atoms with E-state index in [1.807, 2.05) is 12.1 Å². The molecule has 0 N–H and O–H groups in total. The minimum atomic E-state index is 0.107. The lowest BCUT2D eigenvalue weighted by molar-refractivity contribution is -0.141. The van der Waals surface area contributed by atoms with E-state index in [4.69, 9.17) is 9.15 Å². The monoisotopic (exact) mass is 377 g/mol. The number of carbonyl (C=O) groups excluding carboxylic acids is 1. The van der Waals surface area contributed by atoms with Crippen molar-refractivity contribution in [1.29, 1.82) is 0 Å². The fourth-order valence-electron chi connectivity index (χ4n) is 4.42. The average Bonchev–Trinajstić information content (AvgIpc) is 3.19. The summed E-state index contributed by atoms with van der Waals surface area (Å²) in [6.45, 7) is 6.37. The van der Waals surface area contributed by atoms with Crippen LogP contribution in [0.5, 0.6) is 0 Å². The second kappa shape index (κ2) is 10.2. The highest BCUT2D eigenvalue weighted by atomic mass is 16.5. The first-order chi connectivity index (χ1) is 13.2. The van der Waals surface area contributed by atoms with Gasteiger partial charge >= 0.3 is 0 Å². The van der Waals surface area contributed by atoms with Gasteiger partial charge in [-0.2, -0.15) is 0 Å². The first kappa shape index (κ1) is 20.4. The van der Waals surface area contributed by atoms with Crippen molar-refractivity contribution in [3.05, 3.63) is 24.2 Å². The molecule has 3 rings (SSSR count). The molecule has 0 bridgehead atoms. The highest BCUT2D eigenvalue weighted by Gasteiger charge is 2.33. The maximum absolute atomic E-state index is 13.4. The molecule has 1 atom stereocenters. The number of methoxy groups -OCH3 is 1. The summed E-state index contributed by atoms with van der Waals surface area (Å²) in [5, 5.41) is 0. The molecule has 0 radical (unpaired) electrons. The van der Waals surface area contributed by atoms with Crippen molar-refractivity contribution < 1.29 is 13.9 Å². The van der Waals surface area contributed by atoms with E-state index < -0.39 is 0 Å². The maximum Gasteiger partial charge on any atom is 0.227 e. The van der Waals surface area contributed by atoms with Crippen LogP contribution in [-0.2, 0) is 16.1 Å². The smallest absolute Gasteiger partial charge is 0.227 e. The predicted octanol–water partition coefficient (Wildman–Crippen LogP) is 2.45. The van der Waals surface area contributed by atoms with Crippen molar-refractivity contribution >= 4 is 5.91 Å². The number of carbonyl (C=O) groups is 1. The van der Waals surface area contributed by atoms with Crippen LogP contribution in [-0.4, -0.2) is 80.1 Å². The number of nitrogens with zero attached hydrogens (tertiary/aromatic N) is 3. The lowest BCUT2D eigenvalue weighted by Gasteiger charge is -2.41. The summed E-state index contributed by atoms with van der Waals surface area (Å²) in [6, 6.07) is 4.33. The maximum atomic E-state index is 13.4. The molecule has 3 heterocycles. The molecule has 6 nitrogen and oxygen atoms in total. The van der Waals surface area contributed by atoms with Crippen molar-refractivity contribution in [3.8, 4) is 0 Å². The van der Waals surface area contributed by atoms with Crippen LogP contribution in [0.3, 0.4) is 0 Å². The quantitative estimate of drug-likeness (QED) is 0.652. The third kappa shape index (κ3) is 5.80. The SMILES string of the molecule is COCCCN(C(=O)[C@@H]1CCCN(Cc2ccco2)C1)C1CCN(C)CC1. The van der Waals surface area contributed by atoms with Crippen LogP contribution in [0.15, 0.2) is 22.8 Å². The molecule has 2 fully saturated rings. The third-order valence-electron chi connectivity index (χ3n) is 5.97. The van der Waals surface area contributed by atoms with Gasteiger partial charge in [0.25, 0.3) is 0 Å². The first-order valence-electron chi connectivity index (χ1n) is 10.4. The Morgan fingerprint density at radius 3 is 2.81 bits per heavy atom. The van der Waals surface area contributed by atoms with Crippen LogP contribution >= 0.6 is 0 Å². The fourth-order valence-corrected chi connectivity index (χ4v) is 4.42. The van der Waals surface area contributed by atoms with Gasteiger partial charge in [0, 0.05) is 32.8 Å². The molecule has 27 heavy (non-hydrogen) atoms. The summed E-state index contributed by atoms with van der Waals surface area (Å²) in [5.74, 6) is 1.44. The minimum absolute atomic E-state index is 0.107. The predicted molar refractivity (Wildman–Crippen MR) is 105 cm³/mol. The van der Waals surface area contributed by atoms with E-state index >= 15 is 0 Å². The Balaban J connectivity index is 1.60. The molecule has 0 aromatic carbocycles. The highest BCUT2D eigenvalue weighted by molar-refractivity contribution is 5.79. The van der Waals surface area contributed by atoms with Gasteiger partial charge in [0.05, 0.1) is 18.7 Å². The van der Waals surface area contributed by atoms with E-state index in [1.54, 1.807) is 13.4 Å². The number of furan rings is 1. The van der Waals surface area contributed by atoms with Crippen molar-refractivity contribution in [1.82, 2.24) is 14.7 Å². The van der Waals surface area contributed by atoms with Crippen LogP contribution in [0.2, 0.25) is 0 Å². The van der Waals surface area contributed by atoms with Gasteiger partial charge in [0.2, 0.25) is 5.91 Å². The largest absolute Gasteiger partial charge is 0.468 e. The van der Waals surface area contributed by atoms with Gasteiger partial charge in [-0.3, -0.25) is 9.69 Å². The number of hydrogen-bond donors (Lipinski definition) is 0. The number of piperidine rings is 2. The van der Waals surface area contributed by atoms with E-state index in [9.17, 15) is 4.79 Å². The number of amides is 1. The second-order valence-corrected chi connectivity index (χ2v) is 8.07. The zero-order chi connectivity index (χ0) is 19.1. The molecule has 0 saturated carbocycles. The van der Waals surface area contributed by atoms with Crippen LogP contribution in [0.25, 0.3) is 0 Å². The molecule has 0 spiro atoms. The highest BCUT2D eigenvalue weighted by Crippen LogP contribution is 2.24. The van der Waals surface area contributed by atoms with E-state index in [0.29, 0.717) is 18.6 Å². The lowest BCUT2D eigenvalue weighted by Crippen LogP contribution is -2.51. The standard InChI is InChI=1S/C21H35N3O3/c1-22-12-8-19(9-13-22)24(11-5-14-26-2)21(25)18-6-3-10-23(16-18)17-20-7-4-15-27-20/h4,7,15,18-19H,3,5-6,8-14,16-17H2,1-2H3/t18-/m1/s1. The lowest BCUT2D eigenvalue weighted by atomic mass is 9.94. The van der Waals surface area contributed by atoms with E-state index in [2.05, 4.69) is 21.7 Å². The van der Waals surface area contributed by atoms with Crippen LogP contribution < -0.4 is 0 Å². The van der Waals surface area contributed by atoms with E-state index in [1.165, 1.54) is 0 Å². The molecule has 2 aliphatic heterocycles. The number of rotatable bonds is 8. The third-order valence-corrected chi connectivity index (χ3v) is 5.97. The van der Waals surface area contributed by atoms with Gasteiger partial charge in [0.15, 0.2) is 0 Å². The van der Waals surface area contributed by atoms with Gasteiger partial charge in [-0.25, -0.2) is 0 Å². The van der Waals surface area contributed by atoms with E-state index in [0.717, 1.165) is 77.1 Å². The molecule has 1 amide bonds.